The molecule has 0 aliphatic carbocycles. The minimum absolute atomic E-state index is 0.247. The average molecular weight is 344 g/mol. The van der Waals surface area contributed by atoms with E-state index in [-0.39, 0.29) is 16.6 Å². The zero-order valence-electron chi connectivity index (χ0n) is 13.5. The van der Waals surface area contributed by atoms with Gasteiger partial charge in [0.1, 0.15) is 5.76 Å². The van der Waals surface area contributed by atoms with Crippen LogP contribution in [0, 0.1) is 6.92 Å². The van der Waals surface area contributed by atoms with Crippen molar-refractivity contribution in [3.8, 4) is 0 Å². The Bertz CT molecular complexity index is 635. The predicted octanol–water partition coefficient (Wildman–Crippen LogP) is -0.479. The van der Waals surface area contributed by atoms with Gasteiger partial charge in [0.25, 0.3) is 15.9 Å². The Morgan fingerprint density at radius 1 is 1.39 bits per heavy atom. The number of hydrogen-bond acceptors (Lipinski definition) is 6. The quantitative estimate of drug-likeness (QED) is 0.577. The molecule has 0 bridgehead atoms. The van der Waals surface area contributed by atoms with E-state index in [4.69, 9.17) is 4.42 Å². The Morgan fingerprint density at radius 3 is 2.74 bits per heavy atom. The second-order valence-corrected chi connectivity index (χ2v) is 7.26. The van der Waals surface area contributed by atoms with Crippen molar-refractivity contribution in [2.45, 2.75) is 18.4 Å². The summed E-state index contributed by atoms with van der Waals surface area (Å²) >= 11 is 0. The fourth-order valence-corrected chi connectivity index (χ4v) is 3.16. The Labute approximate surface area is 136 Å². The molecule has 0 atom stereocenters. The van der Waals surface area contributed by atoms with Crippen LogP contribution in [0.25, 0.3) is 0 Å². The molecule has 1 aliphatic heterocycles. The SMILES string of the molecule is CNS(=O)(=O)c1cc(C(=O)NCCCN2CCNCC2)c(C)o1. The van der Waals surface area contributed by atoms with Gasteiger partial charge in [-0.05, 0) is 26.9 Å². The third kappa shape index (κ3) is 4.77. The lowest BCUT2D eigenvalue weighted by Crippen LogP contribution is -2.44. The number of furan rings is 1. The number of carbonyl (C=O) groups is 1. The number of carbonyl (C=O) groups excluding carboxylic acids is 1. The highest BCUT2D eigenvalue weighted by atomic mass is 32.2. The lowest BCUT2D eigenvalue weighted by molar-refractivity contribution is 0.0949. The molecule has 8 nitrogen and oxygen atoms in total. The van der Waals surface area contributed by atoms with Crippen molar-refractivity contribution in [1.29, 1.82) is 0 Å². The number of amides is 1. The second-order valence-electron chi connectivity index (χ2n) is 5.44. The van der Waals surface area contributed by atoms with E-state index in [1.807, 2.05) is 0 Å². The lowest BCUT2D eigenvalue weighted by atomic mass is 10.2. The molecule has 0 unspecified atom stereocenters. The largest absolute Gasteiger partial charge is 0.448 e. The maximum absolute atomic E-state index is 12.1. The summed E-state index contributed by atoms with van der Waals surface area (Å²) in [5.41, 5.74) is 0.251. The molecule has 1 fully saturated rings. The standard InChI is InChI=1S/C14H24N4O4S/c1-11-12(10-13(22-11)23(20,21)15-2)14(19)17-4-3-7-18-8-5-16-6-9-18/h10,15-16H,3-9H2,1-2H3,(H,17,19). The van der Waals surface area contributed by atoms with Crippen molar-refractivity contribution in [2.75, 3.05) is 46.3 Å². The van der Waals surface area contributed by atoms with Gasteiger partial charge < -0.3 is 20.0 Å². The number of piperazine rings is 1. The molecular weight excluding hydrogens is 320 g/mol. The smallest absolute Gasteiger partial charge is 0.273 e. The van der Waals surface area contributed by atoms with Crippen molar-refractivity contribution in [2.24, 2.45) is 0 Å². The highest BCUT2D eigenvalue weighted by Crippen LogP contribution is 2.18. The Balaban J connectivity index is 1.83. The lowest BCUT2D eigenvalue weighted by Gasteiger charge is -2.27. The van der Waals surface area contributed by atoms with Crippen LogP contribution in [0.3, 0.4) is 0 Å². The second kappa shape index (κ2) is 7.91. The van der Waals surface area contributed by atoms with E-state index in [2.05, 4.69) is 20.3 Å². The monoisotopic (exact) mass is 344 g/mol. The van der Waals surface area contributed by atoms with E-state index in [1.54, 1.807) is 6.92 Å². The number of sulfonamides is 1. The Hall–Kier alpha value is -1.42. The molecule has 0 saturated carbocycles. The van der Waals surface area contributed by atoms with Gasteiger partial charge in [-0.1, -0.05) is 0 Å². The van der Waals surface area contributed by atoms with Crippen LogP contribution in [0.2, 0.25) is 0 Å². The van der Waals surface area contributed by atoms with Crippen LogP contribution in [-0.4, -0.2) is 65.5 Å². The molecule has 2 heterocycles. The summed E-state index contributed by atoms with van der Waals surface area (Å²) in [6.45, 7) is 7.12. The van der Waals surface area contributed by atoms with Crippen LogP contribution in [0.5, 0.6) is 0 Å². The zero-order chi connectivity index (χ0) is 16.9. The zero-order valence-corrected chi connectivity index (χ0v) is 14.3. The summed E-state index contributed by atoms with van der Waals surface area (Å²) < 4.78 is 30.7. The number of aryl methyl sites for hydroxylation is 1. The van der Waals surface area contributed by atoms with Crippen LogP contribution in [-0.2, 0) is 10.0 Å². The highest BCUT2D eigenvalue weighted by molar-refractivity contribution is 7.89. The normalized spacial score (nSPS) is 16.4. The molecule has 3 N–H and O–H groups in total. The van der Waals surface area contributed by atoms with Crippen molar-refractivity contribution < 1.29 is 17.6 Å². The summed E-state index contributed by atoms with van der Waals surface area (Å²) in [5.74, 6) is -0.0254. The third-order valence-electron chi connectivity index (χ3n) is 3.82. The molecule has 2 rings (SSSR count). The molecule has 0 spiro atoms. The topological polar surface area (TPSA) is 104 Å². The third-order valence-corrected chi connectivity index (χ3v) is 5.09. The molecule has 0 radical (unpaired) electrons. The van der Waals surface area contributed by atoms with Gasteiger partial charge >= 0.3 is 0 Å². The van der Waals surface area contributed by atoms with Gasteiger partial charge in [0.2, 0.25) is 5.09 Å². The molecule has 1 saturated heterocycles. The summed E-state index contributed by atoms with van der Waals surface area (Å²) in [4.78, 5) is 14.5. The molecular formula is C14H24N4O4S. The molecule has 0 aromatic carbocycles. The predicted molar refractivity (Wildman–Crippen MR) is 86.0 cm³/mol. The van der Waals surface area contributed by atoms with E-state index in [9.17, 15) is 13.2 Å². The summed E-state index contributed by atoms with van der Waals surface area (Å²) in [7, 11) is -2.39. The molecule has 1 aliphatic rings. The minimum atomic E-state index is -3.68. The fourth-order valence-electron chi connectivity index (χ4n) is 2.45. The van der Waals surface area contributed by atoms with Crippen molar-refractivity contribution in [3.63, 3.8) is 0 Å². The van der Waals surface area contributed by atoms with E-state index in [1.165, 1.54) is 13.1 Å². The van der Waals surface area contributed by atoms with Gasteiger partial charge in [-0.25, -0.2) is 13.1 Å². The minimum Gasteiger partial charge on any atom is -0.448 e. The van der Waals surface area contributed by atoms with Crippen LogP contribution in [0.15, 0.2) is 15.6 Å². The van der Waals surface area contributed by atoms with Gasteiger partial charge in [0.15, 0.2) is 0 Å². The van der Waals surface area contributed by atoms with Crippen LogP contribution >= 0.6 is 0 Å². The molecule has 1 aromatic heterocycles. The molecule has 1 aromatic rings. The van der Waals surface area contributed by atoms with Gasteiger partial charge in [0, 0.05) is 38.8 Å². The number of hydrogen-bond donors (Lipinski definition) is 3. The highest BCUT2D eigenvalue weighted by Gasteiger charge is 2.22. The van der Waals surface area contributed by atoms with E-state index < -0.39 is 10.0 Å². The maximum Gasteiger partial charge on any atom is 0.273 e. The summed E-state index contributed by atoms with van der Waals surface area (Å²) in [6.07, 6.45) is 0.851. The van der Waals surface area contributed by atoms with Crippen molar-refractivity contribution >= 4 is 15.9 Å². The number of nitrogens with one attached hydrogen (secondary N) is 3. The number of rotatable bonds is 7. The molecule has 9 heteroatoms. The average Bonchev–Trinajstić information content (AvgIpc) is 2.95. The van der Waals surface area contributed by atoms with Crippen LogP contribution in [0.4, 0.5) is 0 Å². The van der Waals surface area contributed by atoms with Crippen molar-refractivity contribution in [3.05, 3.63) is 17.4 Å². The van der Waals surface area contributed by atoms with Gasteiger partial charge in [-0.2, -0.15) is 0 Å². The number of nitrogens with zero attached hydrogens (tertiary/aromatic N) is 1. The first-order chi connectivity index (χ1) is 10.9. The summed E-state index contributed by atoms with van der Waals surface area (Å²) in [5, 5.41) is 5.85. The fraction of sp³-hybridized carbons (Fsp3) is 0.643. The maximum atomic E-state index is 12.1. The van der Waals surface area contributed by atoms with Crippen LogP contribution < -0.4 is 15.4 Å². The van der Waals surface area contributed by atoms with E-state index >= 15 is 0 Å². The first-order valence-electron chi connectivity index (χ1n) is 7.69. The molecule has 1 amide bonds. The first-order valence-corrected chi connectivity index (χ1v) is 9.17. The van der Waals surface area contributed by atoms with E-state index in [0.717, 1.165) is 39.1 Å². The van der Waals surface area contributed by atoms with Crippen molar-refractivity contribution in [1.82, 2.24) is 20.3 Å². The van der Waals surface area contributed by atoms with Gasteiger partial charge in [-0.3, -0.25) is 4.79 Å². The first kappa shape index (κ1) is 17.9. The summed E-state index contributed by atoms with van der Waals surface area (Å²) in [6, 6.07) is 1.26. The molecule has 130 valence electrons. The Kier molecular flexibility index (Phi) is 6.17. The van der Waals surface area contributed by atoms with Gasteiger partial charge in [-0.15, -0.1) is 0 Å². The van der Waals surface area contributed by atoms with Gasteiger partial charge in [0.05, 0.1) is 5.56 Å². The molecule has 23 heavy (non-hydrogen) atoms. The Morgan fingerprint density at radius 2 is 2.09 bits per heavy atom. The van der Waals surface area contributed by atoms with Crippen LogP contribution in [0.1, 0.15) is 22.5 Å². The van der Waals surface area contributed by atoms with E-state index in [0.29, 0.717) is 12.3 Å².